The van der Waals surface area contributed by atoms with Gasteiger partial charge in [0.15, 0.2) is 4.80 Å². The van der Waals surface area contributed by atoms with E-state index in [2.05, 4.69) is 4.99 Å². The first-order valence-corrected chi connectivity index (χ1v) is 10.5. The van der Waals surface area contributed by atoms with Crippen LogP contribution in [0.3, 0.4) is 0 Å². The first-order chi connectivity index (χ1) is 14.0. The van der Waals surface area contributed by atoms with Crippen molar-refractivity contribution in [3.8, 4) is 21.7 Å². The molecule has 0 aliphatic rings. The summed E-state index contributed by atoms with van der Waals surface area (Å²) in [7, 11) is 1.91. The second kappa shape index (κ2) is 8.37. The van der Waals surface area contributed by atoms with Crippen LogP contribution in [0.4, 0.5) is 0 Å². The number of carbonyl (C=O) groups excluding carboxylic acids is 1. The third-order valence-corrected chi connectivity index (χ3v) is 6.12. The lowest BCUT2D eigenvalue weighted by Gasteiger charge is -2.07. The van der Waals surface area contributed by atoms with Crippen molar-refractivity contribution in [2.45, 2.75) is 0 Å². The molecule has 29 heavy (non-hydrogen) atoms. The fraction of sp³-hybridized carbons (Fsp3) is 0.0435. The predicted octanol–water partition coefficient (Wildman–Crippen LogP) is 6.47. The molecule has 6 heteroatoms. The van der Waals surface area contributed by atoms with E-state index >= 15 is 0 Å². The van der Waals surface area contributed by atoms with E-state index in [1.807, 2.05) is 66.2 Å². The highest BCUT2D eigenvalue weighted by Crippen LogP contribution is 2.34. The average Bonchev–Trinajstić information content (AvgIpc) is 3.05. The molecule has 1 heterocycles. The van der Waals surface area contributed by atoms with Crippen LogP contribution < -0.4 is 4.80 Å². The van der Waals surface area contributed by atoms with Gasteiger partial charge in [-0.15, -0.1) is 0 Å². The zero-order valence-corrected chi connectivity index (χ0v) is 17.8. The maximum Gasteiger partial charge on any atom is 0.279 e. The van der Waals surface area contributed by atoms with Gasteiger partial charge >= 0.3 is 0 Å². The maximum absolute atomic E-state index is 12.7. The largest absolute Gasteiger partial charge is 0.319 e. The molecule has 1 aromatic heterocycles. The lowest BCUT2D eigenvalue weighted by molar-refractivity contribution is 0.0998. The number of aromatic nitrogens is 1. The van der Waals surface area contributed by atoms with Crippen molar-refractivity contribution in [3.63, 3.8) is 0 Å². The summed E-state index contributed by atoms with van der Waals surface area (Å²) in [5, 5.41) is 1.18. The first kappa shape index (κ1) is 19.6. The van der Waals surface area contributed by atoms with Crippen LogP contribution in [0.1, 0.15) is 10.4 Å². The van der Waals surface area contributed by atoms with Gasteiger partial charge in [-0.2, -0.15) is 4.99 Å². The Morgan fingerprint density at radius 2 is 1.59 bits per heavy atom. The molecule has 4 aromatic rings. The Hall–Kier alpha value is -2.66. The highest BCUT2D eigenvalue weighted by molar-refractivity contribution is 7.13. The van der Waals surface area contributed by atoms with Crippen molar-refractivity contribution in [2.24, 2.45) is 12.0 Å². The van der Waals surface area contributed by atoms with Gasteiger partial charge in [-0.25, -0.2) is 0 Å². The molecule has 0 N–H and O–H groups in total. The van der Waals surface area contributed by atoms with Gasteiger partial charge in [-0.05, 0) is 41.5 Å². The number of benzene rings is 3. The van der Waals surface area contributed by atoms with E-state index in [-0.39, 0.29) is 5.91 Å². The summed E-state index contributed by atoms with van der Waals surface area (Å²) < 4.78 is 1.94. The molecular weight excluding hydrogens is 423 g/mol. The normalized spacial score (nSPS) is 11.6. The number of nitrogens with zero attached hydrogens (tertiary/aromatic N) is 2. The van der Waals surface area contributed by atoms with Crippen molar-refractivity contribution in [1.82, 2.24) is 4.57 Å². The number of amides is 1. The molecule has 0 aliphatic carbocycles. The molecule has 0 fully saturated rings. The van der Waals surface area contributed by atoms with Crippen molar-refractivity contribution in [1.29, 1.82) is 0 Å². The molecule has 0 saturated carbocycles. The summed E-state index contributed by atoms with van der Waals surface area (Å²) in [4.78, 5) is 18.7. The molecule has 0 unspecified atom stereocenters. The van der Waals surface area contributed by atoms with Gasteiger partial charge in [-0.1, -0.05) is 83.1 Å². The molecule has 0 bridgehead atoms. The second-order valence-corrected chi connectivity index (χ2v) is 8.27. The summed E-state index contributed by atoms with van der Waals surface area (Å²) >= 11 is 13.6. The van der Waals surface area contributed by atoms with Gasteiger partial charge < -0.3 is 4.57 Å². The first-order valence-electron chi connectivity index (χ1n) is 8.89. The lowest BCUT2D eigenvalue weighted by Crippen LogP contribution is -2.14. The molecule has 0 saturated heterocycles. The Labute approximate surface area is 182 Å². The topological polar surface area (TPSA) is 34.4 Å². The summed E-state index contributed by atoms with van der Waals surface area (Å²) in [5.74, 6) is -0.327. The summed E-state index contributed by atoms with van der Waals surface area (Å²) in [6, 6.07) is 24.5. The van der Waals surface area contributed by atoms with Crippen molar-refractivity contribution in [3.05, 3.63) is 99.3 Å². The van der Waals surface area contributed by atoms with Crippen LogP contribution >= 0.6 is 34.5 Å². The summed E-state index contributed by atoms with van der Waals surface area (Å²) in [6.07, 6.45) is 0. The minimum atomic E-state index is -0.327. The molecule has 0 radical (unpaired) electrons. The zero-order chi connectivity index (χ0) is 20.4. The van der Waals surface area contributed by atoms with Crippen LogP contribution in [0.5, 0.6) is 0 Å². The Morgan fingerprint density at radius 3 is 2.28 bits per heavy atom. The van der Waals surface area contributed by atoms with Crippen LogP contribution in [0.25, 0.3) is 21.7 Å². The van der Waals surface area contributed by atoms with Crippen LogP contribution in [-0.2, 0) is 7.05 Å². The smallest absolute Gasteiger partial charge is 0.279 e. The van der Waals surface area contributed by atoms with E-state index < -0.39 is 0 Å². The minimum Gasteiger partial charge on any atom is -0.319 e. The molecule has 1 amide bonds. The van der Waals surface area contributed by atoms with Gasteiger partial charge in [0.1, 0.15) is 0 Å². The number of thiazole rings is 1. The molecule has 3 nitrogen and oxygen atoms in total. The number of hydrogen-bond donors (Lipinski definition) is 0. The van der Waals surface area contributed by atoms with Crippen molar-refractivity contribution >= 4 is 40.4 Å². The van der Waals surface area contributed by atoms with Crippen LogP contribution in [-0.4, -0.2) is 10.5 Å². The van der Waals surface area contributed by atoms with Gasteiger partial charge in [0.25, 0.3) is 5.91 Å². The highest BCUT2D eigenvalue weighted by Gasteiger charge is 2.16. The third-order valence-electron chi connectivity index (χ3n) is 4.45. The molecular formula is C23H16Cl2N2OS. The number of hydrogen-bond acceptors (Lipinski definition) is 2. The fourth-order valence-corrected chi connectivity index (χ4v) is 4.51. The van der Waals surface area contributed by atoms with Crippen LogP contribution in [0.15, 0.2) is 83.9 Å². The minimum absolute atomic E-state index is 0.327. The van der Waals surface area contributed by atoms with E-state index in [4.69, 9.17) is 23.2 Å². The average molecular weight is 439 g/mol. The SMILES string of the molecule is Cn1c(-c2ccc(Cl)cc2)c(-c2ccccc2)sc1=NC(=O)c1cccc(Cl)c1. The Kier molecular flexibility index (Phi) is 5.67. The maximum atomic E-state index is 12.7. The monoisotopic (exact) mass is 438 g/mol. The molecule has 0 spiro atoms. The Balaban J connectivity index is 1.90. The Morgan fingerprint density at radius 1 is 0.862 bits per heavy atom. The molecule has 4 rings (SSSR count). The lowest BCUT2D eigenvalue weighted by atomic mass is 10.1. The number of carbonyl (C=O) groups is 1. The van der Waals surface area contributed by atoms with E-state index in [1.54, 1.807) is 24.3 Å². The zero-order valence-electron chi connectivity index (χ0n) is 15.5. The van der Waals surface area contributed by atoms with E-state index in [0.717, 1.165) is 21.7 Å². The number of halogens is 2. The Bertz CT molecular complexity index is 1240. The van der Waals surface area contributed by atoms with Gasteiger partial charge in [0, 0.05) is 22.7 Å². The number of rotatable bonds is 3. The van der Waals surface area contributed by atoms with Gasteiger partial charge in [-0.3, -0.25) is 4.79 Å². The van der Waals surface area contributed by atoms with Crippen LogP contribution in [0, 0.1) is 0 Å². The predicted molar refractivity (Wildman–Crippen MR) is 121 cm³/mol. The van der Waals surface area contributed by atoms with Gasteiger partial charge in [0.2, 0.25) is 0 Å². The van der Waals surface area contributed by atoms with Gasteiger partial charge in [0.05, 0.1) is 10.6 Å². The standard InChI is InChI=1S/C23H16Cl2N2OS/c1-27-20(15-10-12-18(24)13-11-15)21(16-6-3-2-4-7-16)29-23(27)26-22(28)17-8-5-9-19(25)14-17/h2-14H,1H3. The van der Waals surface area contributed by atoms with E-state index in [1.165, 1.54) is 11.3 Å². The quantitative estimate of drug-likeness (QED) is 0.360. The molecule has 3 aromatic carbocycles. The van der Waals surface area contributed by atoms with Crippen molar-refractivity contribution in [2.75, 3.05) is 0 Å². The summed E-state index contributed by atoms with van der Waals surface area (Å²) in [5.41, 5.74) is 3.51. The molecule has 144 valence electrons. The van der Waals surface area contributed by atoms with E-state index in [0.29, 0.717) is 20.4 Å². The van der Waals surface area contributed by atoms with E-state index in [9.17, 15) is 4.79 Å². The molecule has 0 atom stereocenters. The molecule has 0 aliphatic heterocycles. The second-order valence-electron chi connectivity index (χ2n) is 6.42. The third kappa shape index (κ3) is 4.20. The van der Waals surface area contributed by atoms with Crippen molar-refractivity contribution < 1.29 is 4.79 Å². The highest BCUT2D eigenvalue weighted by atomic mass is 35.5. The summed E-state index contributed by atoms with van der Waals surface area (Å²) in [6.45, 7) is 0. The van der Waals surface area contributed by atoms with Crippen LogP contribution in [0.2, 0.25) is 10.0 Å². The fourth-order valence-electron chi connectivity index (χ4n) is 3.04.